The summed E-state index contributed by atoms with van der Waals surface area (Å²) in [6, 6.07) is 7.18. The van der Waals surface area contributed by atoms with Crippen LogP contribution < -0.4 is 5.32 Å². The largest absolute Gasteiger partial charge is 0.353 e. The molecule has 1 aromatic rings. The zero-order valence-corrected chi connectivity index (χ0v) is 16.1. The summed E-state index contributed by atoms with van der Waals surface area (Å²) in [5, 5.41) is 2.95. The highest BCUT2D eigenvalue weighted by atomic mass is 16.5. The van der Waals surface area contributed by atoms with Gasteiger partial charge in [-0.25, -0.2) is 0 Å². The van der Waals surface area contributed by atoms with Crippen LogP contribution in [0.15, 0.2) is 24.3 Å². The molecule has 0 radical (unpaired) electrons. The van der Waals surface area contributed by atoms with Crippen LogP contribution >= 0.6 is 0 Å². The van der Waals surface area contributed by atoms with Crippen LogP contribution in [0.4, 0.5) is 0 Å². The summed E-state index contributed by atoms with van der Waals surface area (Å²) in [6.07, 6.45) is 5.74. The van der Waals surface area contributed by atoms with E-state index in [4.69, 9.17) is 4.74 Å². The molecule has 0 aromatic heterocycles. The molecule has 1 aromatic carbocycles. The van der Waals surface area contributed by atoms with Gasteiger partial charge in [-0.05, 0) is 63.6 Å². The maximum atomic E-state index is 13.4. The van der Waals surface area contributed by atoms with Gasteiger partial charge >= 0.3 is 0 Å². The fourth-order valence-electron chi connectivity index (χ4n) is 4.07. The number of benzene rings is 1. The molecule has 1 saturated heterocycles. The normalized spacial score (nSPS) is 22.0. The lowest BCUT2D eigenvalue weighted by atomic mass is 9.89. The van der Waals surface area contributed by atoms with Crippen LogP contribution in [0.1, 0.15) is 68.8 Å². The van der Waals surface area contributed by atoms with Gasteiger partial charge in [-0.15, -0.1) is 0 Å². The van der Waals surface area contributed by atoms with Crippen molar-refractivity contribution in [1.29, 1.82) is 0 Å². The van der Waals surface area contributed by atoms with Gasteiger partial charge < -0.3 is 10.1 Å². The molecule has 3 rings (SSSR count). The maximum Gasteiger partial charge on any atom is 0.256 e. The zero-order valence-electron chi connectivity index (χ0n) is 16.1. The number of carbonyl (C=O) groups excluding carboxylic acids is 2. The Labute approximate surface area is 156 Å². The Bertz CT molecular complexity index is 648. The number of rotatable bonds is 4. The molecule has 1 heterocycles. The molecule has 1 spiro atoms. The quantitative estimate of drug-likeness (QED) is 0.899. The third kappa shape index (κ3) is 3.63. The van der Waals surface area contributed by atoms with E-state index in [0.717, 1.165) is 38.5 Å². The van der Waals surface area contributed by atoms with E-state index < -0.39 is 11.8 Å². The Morgan fingerprint density at radius 1 is 1.19 bits per heavy atom. The number of carbonyl (C=O) groups is 2. The van der Waals surface area contributed by atoms with Crippen molar-refractivity contribution in [2.45, 2.75) is 77.1 Å². The first-order chi connectivity index (χ1) is 12.5. The minimum atomic E-state index is -0.627. The molecular formula is C21H30N2O3. The summed E-state index contributed by atoms with van der Waals surface area (Å²) in [4.78, 5) is 27.9. The maximum absolute atomic E-state index is 13.4. The van der Waals surface area contributed by atoms with E-state index in [-0.39, 0.29) is 24.5 Å². The molecule has 0 bridgehead atoms. The Kier molecular flexibility index (Phi) is 5.66. The standard InChI is InChI=1S/C21H30N2O3/c1-4-16-8-10-17(11-9-16)20(25)23-18(19(24)22-15(2)3)14-26-21(23)12-6-5-7-13-21/h8-11,15,18H,4-7,12-14H2,1-3H3,(H,22,24)/t18-/m1/s1. The first kappa shape index (κ1) is 18.9. The number of hydrogen-bond acceptors (Lipinski definition) is 3. The number of ether oxygens (including phenoxy) is 1. The highest BCUT2D eigenvalue weighted by molar-refractivity contribution is 5.98. The van der Waals surface area contributed by atoms with Gasteiger partial charge in [0.1, 0.15) is 11.8 Å². The number of hydrogen-bond donors (Lipinski definition) is 1. The van der Waals surface area contributed by atoms with E-state index in [2.05, 4.69) is 12.2 Å². The van der Waals surface area contributed by atoms with Gasteiger partial charge in [0.25, 0.3) is 5.91 Å². The van der Waals surface area contributed by atoms with Gasteiger partial charge in [0.05, 0.1) is 6.61 Å². The fraction of sp³-hybridized carbons (Fsp3) is 0.619. The Balaban J connectivity index is 1.91. The van der Waals surface area contributed by atoms with Crippen LogP contribution in [0.3, 0.4) is 0 Å². The zero-order chi connectivity index (χ0) is 18.7. The van der Waals surface area contributed by atoms with Crippen molar-refractivity contribution in [3.05, 3.63) is 35.4 Å². The van der Waals surface area contributed by atoms with Gasteiger partial charge in [-0.2, -0.15) is 0 Å². The lowest BCUT2D eigenvalue weighted by molar-refractivity contribution is -0.127. The Morgan fingerprint density at radius 3 is 2.42 bits per heavy atom. The van der Waals surface area contributed by atoms with Gasteiger partial charge in [0.15, 0.2) is 0 Å². The van der Waals surface area contributed by atoms with Crippen LogP contribution in [0.5, 0.6) is 0 Å². The van der Waals surface area contributed by atoms with E-state index in [1.165, 1.54) is 5.56 Å². The first-order valence-corrected chi connectivity index (χ1v) is 9.84. The average molecular weight is 358 g/mol. The van der Waals surface area contributed by atoms with E-state index >= 15 is 0 Å². The molecule has 1 saturated carbocycles. The molecular weight excluding hydrogens is 328 g/mol. The number of aryl methyl sites for hydroxylation is 1. The van der Waals surface area contributed by atoms with Gasteiger partial charge in [-0.3, -0.25) is 14.5 Å². The predicted molar refractivity (Wildman–Crippen MR) is 101 cm³/mol. The van der Waals surface area contributed by atoms with Gasteiger partial charge in [0.2, 0.25) is 5.91 Å². The molecule has 1 aliphatic heterocycles. The van der Waals surface area contributed by atoms with Crippen LogP contribution in [0.25, 0.3) is 0 Å². The van der Waals surface area contributed by atoms with Crippen LogP contribution in [0, 0.1) is 0 Å². The molecule has 1 aliphatic carbocycles. The van der Waals surface area contributed by atoms with Crippen molar-refractivity contribution in [2.24, 2.45) is 0 Å². The summed E-state index contributed by atoms with van der Waals surface area (Å²) in [5.41, 5.74) is 1.19. The smallest absolute Gasteiger partial charge is 0.256 e. The fourth-order valence-corrected chi connectivity index (χ4v) is 4.07. The van der Waals surface area contributed by atoms with E-state index in [9.17, 15) is 9.59 Å². The number of amides is 2. The molecule has 2 amide bonds. The van der Waals surface area contributed by atoms with Crippen LogP contribution in [-0.2, 0) is 16.0 Å². The Hall–Kier alpha value is -1.88. The second-order valence-corrected chi connectivity index (χ2v) is 7.72. The topological polar surface area (TPSA) is 58.6 Å². The summed E-state index contributed by atoms with van der Waals surface area (Å²) < 4.78 is 6.14. The van der Waals surface area contributed by atoms with Crippen LogP contribution in [-0.4, -0.2) is 41.1 Å². The molecule has 2 aliphatic rings. The summed E-state index contributed by atoms with van der Waals surface area (Å²) >= 11 is 0. The summed E-state index contributed by atoms with van der Waals surface area (Å²) in [7, 11) is 0. The molecule has 5 nitrogen and oxygen atoms in total. The molecule has 2 fully saturated rings. The molecule has 1 N–H and O–H groups in total. The summed E-state index contributed by atoms with van der Waals surface area (Å²) in [6.45, 7) is 6.23. The van der Waals surface area contributed by atoms with Gasteiger partial charge in [-0.1, -0.05) is 25.5 Å². The van der Waals surface area contributed by atoms with E-state index in [1.54, 1.807) is 4.90 Å². The lowest BCUT2D eigenvalue weighted by Crippen LogP contribution is -2.57. The third-order valence-corrected chi connectivity index (χ3v) is 5.46. The second kappa shape index (κ2) is 7.78. The molecule has 142 valence electrons. The predicted octanol–water partition coefficient (Wildman–Crippen LogP) is 3.28. The van der Waals surface area contributed by atoms with Crippen LogP contribution in [0.2, 0.25) is 0 Å². The third-order valence-electron chi connectivity index (χ3n) is 5.46. The molecule has 0 unspecified atom stereocenters. The minimum absolute atomic E-state index is 0.0335. The van der Waals surface area contributed by atoms with Crippen molar-refractivity contribution in [1.82, 2.24) is 10.2 Å². The second-order valence-electron chi connectivity index (χ2n) is 7.72. The van der Waals surface area contributed by atoms with Crippen molar-refractivity contribution in [3.8, 4) is 0 Å². The average Bonchev–Trinajstić information content (AvgIpc) is 3.00. The van der Waals surface area contributed by atoms with E-state index in [1.807, 2.05) is 38.1 Å². The van der Waals surface area contributed by atoms with Gasteiger partial charge in [0, 0.05) is 11.6 Å². The van der Waals surface area contributed by atoms with E-state index in [0.29, 0.717) is 5.56 Å². The highest BCUT2D eigenvalue weighted by Gasteiger charge is 2.52. The number of nitrogens with zero attached hydrogens (tertiary/aromatic N) is 1. The number of nitrogens with one attached hydrogen (secondary N) is 1. The Morgan fingerprint density at radius 2 is 1.85 bits per heavy atom. The molecule has 1 atom stereocenters. The highest BCUT2D eigenvalue weighted by Crippen LogP contribution is 2.41. The lowest BCUT2D eigenvalue weighted by Gasteiger charge is -2.41. The monoisotopic (exact) mass is 358 g/mol. The first-order valence-electron chi connectivity index (χ1n) is 9.84. The SMILES string of the molecule is CCc1ccc(C(=O)N2[C@@H](C(=O)NC(C)C)COC23CCCCC3)cc1. The van der Waals surface area contributed by atoms with Crippen molar-refractivity contribution in [3.63, 3.8) is 0 Å². The molecule has 26 heavy (non-hydrogen) atoms. The summed E-state index contributed by atoms with van der Waals surface area (Å²) in [5.74, 6) is -0.225. The minimum Gasteiger partial charge on any atom is -0.353 e. The molecule has 5 heteroatoms. The van der Waals surface area contributed by atoms with Crippen molar-refractivity contribution < 1.29 is 14.3 Å². The van der Waals surface area contributed by atoms with Crippen molar-refractivity contribution >= 4 is 11.8 Å². The van der Waals surface area contributed by atoms with Crippen molar-refractivity contribution in [2.75, 3.05) is 6.61 Å².